The quantitative estimate of drug-likeness (QED) is 0.0222. The van der Waals surface area contributed by atoms with Gasteiger partial charge in [0, 0.05) is 25.7 Å². The van der Waals surface area contributed by atoms with Gasteiger partial charge in [0.05, 0.1) is 26.4 Å². The van der Waals surface area contributed by atoms with E-state index in [1.807, 2.05) is 0 Å². The molecular formula is C69H134O17P2. The number of aliphatic hydroxyl groups is 1. The Labute approximate surface area is 537 Å². The molecule has 0 fully saturated rings. The van der Waals surface area contributed by atoms with Crippen LogP contribution in [0.5, 0.6) is 0 Å². The molecule has 0 radical (unpaired) electrons. The third-order valence-electron chi connectivity index (χ3n) is 16.1. The van der Waals surface area contributed by atoms with Crippen LogP contribution in [0.3, 0.4) is 0 Å². The summed E-state index contributed by atoms with van der Waals surface area (Å²) in [4.78, 5) is 72.4. The number of hydrogen-bond acceptors (Lipinski definition) is 15. The topological polar surface area (TPSA) is 237 Å². The monoisotopic (exact) mass is 1300 g/mol. The molecule has 2 unspecified atom stereocenters. The van der Waals surface area contributed by atoms with Crippen molar-refractivity contribution in [1.82, 2.24) is 0 Å². The fourth-order valence-corrected chi connectivity index (χ4v) is 12.1. The third-order valence-corrected chi connectivity index (χ3v) is 18.0. The van der Waals surface area contributed by atoms with Crippen LogP contribution < -0.4 is 0 Å². The summed E-state index contributed by atoms with van der Waals surface area (Å²) in [5.41, 5.74) is 0. The second-order valence-corrected chi connectivity index (χ2v) is 27.8. The fraction of sp³-hybridized carbons (Fsp3) is 0.942. The van der Waals surface area contributed by atoms with E-state index in [4.69, 9.17) is 37.0 Å². The maximum absolute atomic E-state index is 13.0. The molecule has 5 atom stereocenters. The molecule has 0 aliphatic rings. The Kier molecular flexibility index (Phi) is 62.4. The molecule has 0 heterocycles. The summed E-state index contributed by atoms with van der Waals surface area (Å²) in [6.45, 7) is 4.91. The molecule has 3 N–H and O–H groups in total. The zero-order valence-electron chi connectivity index (χ0n) is 56.7. The van der Waals surface area contributed by atoms with Crippen molar-refractivity contribution in [1.29, 1.82) is 0 Å². The summed E-state index contributed by atoms with van der Waals surface area (Å²) in [6, 6.07) is 0. The van der Waals surface area contributed by atoms with E-state index in [1.54, 1.807) is 0 Å². The molecule has 0 amide bonds. The van der Waals surface area contributed by atoms with Gasteiger partial charge in [-0.1, -0.05) is 310 Å². The lowest BCUT2D eigenvalue weighted by molar-refractivity contribution is -0.161. The van der Waals surface area contributed by atoms with Crippen molar-refractivity contribution in [3.05, 3.63) is 0 Å². The van der Waals surface area contributed by atoms with Crippen LogP contribution in [0.15, 0.2) is 0 Å². The first-order chi connectivity index (χ1) is 42.7. The predicted molar refractivity (Wildman–Crippen MR) is 354 cm³/mol. The smallest absolute Gasteiger partial charge is 0.462 e. The largest absolute Gasteiger partial charge is 0.472 e. The lowest BCUT2D eigenvalue weighted by atomic mass is 10.0. The Morgan fingerprint density at radius 1 is 0.273 bits per heavy atom. The number of aliphatic hydroxyl groups excluding tert-OH is 1. The highest BCUT2D eigenvalue weighted by atomic mass is 31.2. The highest BCUT2D eigenvalue weighted by molar-refractivity contribution is 7.47. The number of esters is 4. The SMILES string of the molecule is CCCCCCCCCCCCCCCCCCCC(=O)O[C@H](COC(=O)CCCCCCCCCCCCCCC)COP(=O)(O)OC[C@@H](O)COP(=O)(O)OC[C@@H](COC(=O)CCCCCCCCCC)OC(=O)CCCCCCCCCCCC. The van der Waals surface area contributed by atoms with Crippen molar-refractivity contribution in [3.8, 4) is 0 Å². The standard InChI is InChI=1S/C69H134O17P2/c1-5-9-13-17-21-25-28-30-31-32-33-35-37-40-44-48-52-56-69(74)86-65(60-80-67(72)54-50-46-42-39-36-34-29-26-22-18-14-10-6-2)62-84-88(77,78)82-58-63(70)57-81-87(75,76)83-61-64(59-79-66(71)53-49-45-41-24-20-16-12-8-4)85-68(73)55-51-47-43-38-27-23-19-15-11-7-3/h63-65,70H,5-62H2,1-4H3,(H,75,76)(H,77,78)/t63-,64+,65+/m0/s1. The number of carbonyl (C=O) groups is 4. The average molecular weight is 1300 g/mol. The maximum atomic E-state index is 13.0. The highest BCUT2D eigenvalue weighted by Crippen LogP contribution is 2.45. The minimum Gasteiger partial charge on any atom is -0.462 e. The van der Waals surface area contributed by atoms with Gasteiger partial charge in [-0.2, -0.15) is 0 Å². The Balaban J connectivity index is 5.20. The number of phosphoric ester groups is 2. The predicted octanol–water partition coefficient (Wildman–Crippen LogP) is 19.9. The summed E-state index contributed by atoms with van der Waals surface area (Å²) >= 11 is 0. The van der Waals surface area contributed by atoms with Crippen LogP contribution in [-0.4, -0.2) is 96.7 Å². The maximum Gasteiger partial charge on any atom is 0.472 e. The number of unbranched alkanes of at least 4 members (excludes halogenated alkanes) is 44. The Morgan fingerprint density at radius 3 is 0.670 bits per heavy atom. The summed E-state index contributed by atoms with van der Waals surface area (Å²) in [5.74, 6) is -2.12. The first-order valence-corrected chi connectivity index (χ1v) is 39.3. The van der Waals surface area contributed by atoms with Crippen LogP contribution in [0.25, 0.3) is 0 Å². The fourth-order valence-electron chi connectivity index (χ4n) is 10.5. The molecule has 17 nitrogen and oxygen atoms in total. The van der Waals surface area contributed by atoms with E-state index < -0.39 is 97.5 Å². The van der Waals surface area contributed by atoms with Crippen molar-refractivity contribution in [2.45, 2.75) is 380 Å². The molecule has 0 aromatic rings. The molecule has 0 aromatic heterocycles. The third kappa shape index (κ3) is 62.8. The van der Waals surface area contributed by atoms with Gasteiger partial charge in [0.1, 0.15) is 19.3 Å². The highest BCUT2D eigenvalue weighted by Gasteiger charge is 2.30. The van der Waals surface area contributed by atoms with Crippen LogP contribution in [0.4, 0.5) is 0 Å². The lowest BCUT2D eigenvalue weighted by Crippen LogP contribution is -2.30. The molecule has 0 spiro atoms. The average Bonchev–Trinajstić information content (AvgIpc) is 3.62. The first kappa shape index (κ1) is 86.1. The van der Waals surface area contributed by atoms with Crippen LogP contribution in [0.2, 0.25) is 0 Å². The van der Waals surface area contributed by atoms with E-state index in [0.29, 0.717) is 25.7 Å². The number of rotatable bonds is 70. The van der Waals surface area contributed by atoms with Gasteiger partial charge in [0.2, 0.25) is 0 Å². The summed E-state index contributed by atoms with van der Waals surface area (Å²) in [6.07, 6.45) is 51.3. The van der Waals surface area contributed by atoms with E-state index in [9.17, 15) is 43.2 Å². The van der Waals surface area contributed by atoms with Crippen molar-refractivity contribution >= 4 is 39.5 Å². The summed E-state index contributed by atoms with van der Waals surface area (Å²) in [7, 11) is -9.89. The van der Waals surface area contributed by atoms with Gasteiger partial charge in [0.15, 0.2) is 12.2 Å². The second kappa shape index (κ2) is 63.8. The van der Waals surface area contributed by atoms with Crippen LogP contribution in [0, 0.1) is 0 Å². The molecule has 0 rings (SSSR count). The van der Waals surface area contributed by atoms with Gasteiger partial charge in [-0.3, -0.25) is 37.3 Å². The van der Waals surface area contributed by atoms with Gasteiger partial charge in [-0.05, 0) is 25.7 Å². The van der Waals surface area contributed by atoms with Gasteiger partial charge < -0.3 is 33.8 Å². The Hall–Kier alpha value is -1.94. The van der Waals surface area contributed by atoms with Crippen LogP contribution >= 0.6 is 15.6 Å². The van der Waals surface area contributed by atoms with Crippen molar-refractivity contribution in [2.24, 2.45) is 0 Å². The minimum atomic E-state index is -4.95. The molecule has 0 aliphatic heterocycles. The zero-order chi connectivity index (χ0) is 64.7. The van der Waals surface area contributed by atoms with Crippen molar-refractivity contribution in [2.75, 3.05) is 39.6 Å². The van der Waals surface area contributed by atoms with Gasteiger partial charge >= 0.3 is 39.5 Å². The van der Waals surface area contributed by atoms with E-state index >= 15 is 0 Å². The van der Waals surface area contributed by atoms with Crippen molar-refractivity contribution in [3.63, 3.8) is 0 Å². The van der Waals surface area contributed by atoms with Crippen LogP contribution in [-0.2, 0) is 65.4 Å². The zero-order valence-corrected chi connectivity index (χ0v) is 58.5. The van der Waals surface area contributed by atoms with Gasteiger partial charge in [-0.15, -0.1) is 0 Å². The minimum absolute atomic E-state index is 0.107. The van der Waals surface area contributed by atoms with Gasteiger partial charge in [-0.25, -0.2) is 9.13 Å². The number of hydrogen-bond donors (Lipinski definition) is 3. The van der Waals surface area contributed by atoms with Crippen molar-refractivity contribution < 1.29 is 80.2 Å². The molecule has 0 bridgehead atoms. The van der Waals surface area contributed by atoms with E-state index in [-0.39, 0.29) is 25.7 Å². The molecule has 0 aliphatic carbocycles. The number of ether oxygens (including phenoxy) is 4. The number of carbonyl (C=O) groups excluding carboxylic acids is 4. The molecule has 0 saturated heterocycles. The second-order valence-electron chi connectivity index (χ2n) is 24.9. The molecule has 0 saturated carbocycles. The number of phosphoric acid groups is 2. The lowest BCUT2D eigenvalue weighted by Gasteiger charge is -2.21. The van der Waals surface area contributed by atoms with E-state index in [2.05, 4.69) is 27.7 Å². The molecular weight excluding hydrogens is 1160 g/mol. The van der Waals surface area contributed by atoms with Gasteiger partial charge in [0.25, 0.3) is 0 Å². The normalized spacial score (nSPS) is 14.0. The Morgan fingerprint density at radius 2 is 0.455 bits per heavy atom. The van der Waals surface area contributed by atoms with Crippen LogP contribution in [0.1, 0.15) is 362 Å². The van der Waals surface area contributed by atoms with E-state index in [0.717, 1.165) is 96.3 Å². The molecule has 522 valence electrons. The summed E-state index contributed by atoms with van der Waals surface area (Å²) < 4.78 is 68.2. The molecule has 19 heteroatoms. The Bertz CT molecular complexity index is 1690. The molecule has 0 aromatic carbocycles. The first-order valence-electron chi connectivity index (χ1n) is 36.3. The summed E-state index contributed by atoms with van der Waals surface area (Å²) in [5, 5.41) is 10.6. The van der Waals surface area contributed by atoms with E-state index in [1.165, 1.54) is 186 Å². The molecule has 88 heavy (non-hydrogen) atoms.